The number of carbonyl (C=O) groups is 1. The quantitative estimate of drug-likeness (QED) is 0.597. The summed E-state index contributed by atoms with van der Waals surface area (Å²) in [5, 5.41) is 3.26. The van der Waals surface area contributed by atoms with Gasteiger partial charge in [0.05, 0.1) is 6.67 Å². The van der Waals surface area contributed by atoms with E-state index in [2.05, 4.69) is 32.2 Å². The van der Waals surface area contributed by atoms with Crippen molar-refractivity contribution in [3.05, 3.63) is 29.8 Å². The summed E-state index contributed by atoms with van der Waals surface area (Å²) in [6.45, 7) is 7.46. The Hall–Kier alpha value is -1.55. The van der Waals surface area contributed by atoms with E-state index in [-0.39, 0.29) is 5.91 Å². The molecule has 99 valence electrons. The van der Waals surface area contributed by atoms with Crippen LogP contribution in [-0.2, 0) is 0 Å². The lowest BCUT2D eigenvalue weighted by atomic mass is 10.2. The second-order valence-electron chi connectivity index (χ2n) is 4.64. The Morgan fingerprint density at radius 1 is 1.50 bits per heavy atom. The van der Waals surface area contributed by atoms with Crippen LogP contribution in [0.2, 0.25) is 0 Å². The third kappa shape index (κ3) is 4.37. The van der Waals surface area contributed by atoms with E-state index in [1.54, 1.807) is 23.1 Å². The Kier molecular flexibility index (Phi) is 5.65. The van der Waals surface area contributed by atoms with Crippen molar-refractivity contribution in [2.24, 2.45) is 0 Å². The van der Waals surface area contributed by atoms with Crippen LogP contribution in [0.5, 0.6) is 0 Å². The Morgan fingerprint density at radius 3 is 2.78 bits per heavy atom. The van der Waals surface area contributed by atoms with Gasteiger partial charge >= 0.3 is 0 Å². The first kappa shape index (κ1) is 14.5. The minimum absolute atomic E-state index is 0.00597. The monoisotopic (exact) mass is 248 g/mol. The van der Waals surface area contributed by atoms with E-state index in [0.717, 1.165) is 13.0 Å². The number of nitrogens with two attached hydrogens (primary N) is 1. The van der Waals surface area contributed by atoms with Gasteiger partial charge in [0.15, 0.2) is 0 Å². The smallest absolute Gasteiger partial charge is 0.254 e. The average Bonchev–Trinajstić information content (AvgIpc) is 2.33. The molecule has 1 radical (unpaired) electrons. The van der Waals surface area contributed by atoms with Gasteiger partial charge in [0, 0.05) is 23.8 Å². The largest absolute Gasteiger partial charge is 0.399 e. The van der Waals surface area contributed by atoms with Crippen molar-refractivity contribution in [1.82, 2.24) is 10.2 Å². The predicted octanol–water partition coefficient (Wildman–Crippen LogP) is 1.88. The second-order valence-corrected chi connectivity index (χ2v) is 4.64. The first-order valence-electron chi connectivity index (χ1n) is 6.33. The summed E-state index contributed by atoms with van der Waals surface area (Å²) in [6, 6.07) is 8.26. The molecule has 0 fully saturated rings. The maximum absolute atomic E-state index is 12.3. The number of carbonyl (C=O) groups excluding carboxylic acids is 1. The molecular formula is C14H22N3O. The van der Waals surface area contributed by atoms with Crippen LogP contribution in [0.1, 0.15) is 37.6 Å². The van der Waals surface area contributed by atoms with Gasteiger partial charge in [-0.25, -0.2) is 0 Å². The summed E-state index contributed by atoms with van der Waals surface area (Å²) in [5.74, 6) is -0.00597. The molecule has 1 aromatic carbocycles. The van der Waals surface area contributed by atoms with Crippen LogP contribution < -0.4 is 11.1 Å². The summed E-state index contributed by atoms with van der Waals surface area (Å²) in [5.41, 5.74) is 6.83. The normalized spacial score (nSPS) is 10.7. The molecule has 0 unspecified atom stereocenters. The topological polar surface area (TPSA) is 58.4 Å². The number of amides is 1. The van der Waals surface area contributed by atoms with Crippen LogP contribution in [-0.4, -0.2) is 30.1 Å². The van der Waals surface area contributed by atoms with E-state index >= 15 is 0 Å². The lowest BCUT2D eigenvalue weighted by Crippen LogP contribution is -2.41. The van der Waals surface area contributed by atoms with Crippen molar-refractivity contribution in [1.29, 1.82) is 0 Å². The molecule has 1 amide bonds. The number of hydrogen-bond acceptors (Lipinski definition) is 3. The molecule has 3 N–H and O–H groups in total. The molecule has 0 heterocycles. The van der Waals surface area contributed by atoms with E-state index in [1.807, 2.05) is 0 Å². The maximum atomic E-state index is 12.3. The molecule has 4 heteroatoms. The molecule has 1 rings (SSSR count). The molecule has 0 saturated carbocycles. The van der Waals surface area contributed by atoms with Crippen molar-refractivity contribution in [3.63, 3.8) is 0 Å². The maximum Gasteiger partial charge on any atom is 0.254 e. The van der Waals surface area contributed by atoms with Crippen LogP contribution in [0.4, 0.5) is 5.69 Å². The molecule has 4 nitrogen and oxygen atoms in total. The van der Waals surface area contributed by atoms with Crippen molar-refractivity contribution >= 4 is 11.6 Å². The van der Waals surface area contributed by atoms with E-state index in [1.165, 1.54) is 0 Å². The van der Waals surface area contributed by atoms with Crippen LogP contribution in [0.15, 0.2) is 18.2 Å². The highest BCUT2D eigenvalue weighted by molar-refractivity contribution is 5.94. The van der Waals surface area contributed by atoms with Gasteiger partial charge in [-0.1, -0.05) is 6.92 Å². The van der Waals surface area contributed by atoms with Crippen LogP contribution in [0.3, 0.4) is 0 Å². The number of nitrogens with zero attached hydrogens (tertiary/aromatic N) is 1. The Labute approximate surface area is 109 Å². The van der Waals surface area contributed by atoms with E-state index in [9.17, 15) is 4.79 Å². The standard InChI is InChI=1S/C14H22N3O/c1-4-8-17(10-16-11(2)3)14(18)12-6-5-7-13(15)9-12/h6-7,9,11,16H,4,8,10,15H2,1-3H3. The van der Waals surface area contributed by atoms with E-state index < -0.39 is 0 Å². The first-order valence-corrected chi connectivity index (χ1v) is 6.33. The summed E-state index contributed by atoms with van der Waals surface area (Å²) in [6.07, 6.45) is 0.928. The predicted molar refractivity (Wildman–Crippen MR) is 74.2 cm³/mol. The molecule has 0 bridgehead atoms. The van der Waals surface area contributed by atoms with Gasteiger partial charge in [0.2, 0.25) is 0 Å². The number of benzene rings is 1. The fourth-order valence-electron chi connectivity index (χ4n) is 1.61. The Balaban J connectivity index is 2.75. The van der Waals surface area contributed by atoms with Gasteiger partial charge in [-0.2, -0.15) is 0 Å². The van der Waals surface area contributed by atoms with Crippen molar-refractivity contribution in [2.45, 2.75) is 33.2 Å². The first-order chi connectivity index (χ1) is 8.54. The Bertz CT molecular complexity index is 390. The number of nitrogens with one attached hydrogen (secondary N) is 1. The number of hydrogen-bond donors (Lipinski definition) is 2. The van der Waals surface area contributed by atoms with Crippen LogP contribution >= 0.6 is 0 Å². The van der Waals surface area contributed by atoms with Gasteiger partial charge in [-0.05, 0) is 44.5 Å². The molecule has 1 aromatic rings. The molecule has 0 spiro atoms. The number of nitrogen functional groups attached to an aromatic ring is 1. The van der Waals surface area contributed by atoms with E-state index in [0.29, 0.717) is 24.0 Å². The van der Waals surface area contributed by atoms with Crippen LogP contribution in [0.25, 0.3) is 0 Å². The lowest BCUT2D eigenvalue weighted by Gasteiger charge is -2.24. The number of anilines is 1. The number of rotatable bonds is 6. The van der Waals surface area contributed by atoms with Crippen molar-refractivity contribution in [2.75, 3.05) is 18.9 Å². The van der Waals surface area contributed by atoms with Gasteiger partial charge in [-0.3, -0.25) is 10.1 Å². The molecular weight excluding hydrogens is 226 g/mol. The van der Waals surface area contributed by atoms with Gasteiger partial charge < -0.3 is 10.6 Å². The summed E-state index contributed by atoms with van der Waals surface area (Å²) in [4.78, 5) is 14.1. The van der Waals surface area contributed by atoms with Crippen molar-refractivity contribution < 1.29 is 4.79 Å². The van der Waals surface area contributed by atoms with Gasteiger partial charge in [0.25, 0.3) is 5.91 Å². The average molecular weight is 248 g/mol. The molecule has 0 aliphatic rings. The molecule has 0 atom stereocenters. The third-order valence-corrected chi connectivity index (χ3v) is 2.53. The fraction of sp³-hybridized carbons (Fsp3) is 0.500. The highest BCUT2D eigenvalue weighted by Crippen LogP contribution is 2.09. The molecule has 0 aromatic heterocycles. The second kappa shape index (κ2) is 7.01. The highest BCUT2D eigenvalue weighted by atomic mass is 16.2. The third-order valence-electron chi connectivity index (χ3n) is 2.53. The van der Waals surface area contributed by atoms with Gasteiger partial charge in [0.1, 0.15) is 0 Å². The molecule has 0 aliphatic heterocycles. The minimum Gasteiger partial charge on any atom is -0.399 e. The van der Waals surface area contributed by atoms with Crippen molar-refractivity contribution in [3.8, 4) is 0 Å². The minimum atomic E-state index is -0.00597. The molecule has 0 saturated heterocycles. The fourth-order valence-corrected chi connectivity index (χ4v) is 1.61. The van der Waals surface area contributed by atoms with Crippen LogP contribution in [0, 0.1) is 6.07 Å². The SMILES string of the molecule is CCCN(CNC(C)C)C(=O)c1c[c]cc(N)c1. The summed E-state index contributed by atoms with van der Waals surface area (Å²) in [7, 11) is 0. The van der Waals surface area contributed by atoms with E-state index in [4.69, 9.17) is 5.73 Å². The lowest BCUT2D eigenvalue weighted by molar-refractivity contribution is 0.0738. The van der Waals surface area contributed by atoms with Gasteiger partial charge in [-0.15, -0.1) is 0 Å². The zero-order valence-corrected chi connectivity index (χ0v) is 11.4. The Morgan fingerprint density at radius 2 is 2.22 bits per heavy atom. The summed E-state index contributed by atoms with van der Waals surface area (Å²) >= 11 is 0. The zero-order chi connectivity index (χ0) is 13.5. The molecule has 0 aliphatic carbocycles. The summed E-state index contributed by atoms with van der Waals surface area (Å²) < 4.78 is 0. The molecule has 18 heavy (non-hydrogen) atoms. The zero-order valence-electron chi connectivity index (χ0n) is 11.4. The highest BCUT2D eigenvalue weighted by Gasteiger charge is 2.15.